The summed E-state index contributed by atoms with van der Waals surface area (Å²) in [6.07, 6.45) is 5.16. The van der Waals surface area contributed by atoms with Gasteiger partial charge < -0.3 is 9.80 Å². The molecule has 3 amide bonds. The van der Waals surface area contributed by atoms with Crippen molar-refractivity contribution in [2.45, 2.75) is 44.3 Å². The van der Waals surface area contributed by atoms with E-state index in [1.165, 1.54) is 10.5 Å². The minimum atomic E-state index is -0.780. The number of carbonyl (C=O) groups excluding carboxylic acids is 2. The van der Waals surface area contributed by atoms with Crippen LogP contribution in [0.2, 0.25) is 0 Å². The lowest BCUT2D eigenvalue weighted by molar-refractivity contribution is -0.136. The fourth-order valence-electron chi connectivity index (χ4n) is 5.34. The smallest absolute Gasteiger partial charge is 0.305 e. The molecule has 3 aromatic rings. The number of amides is 3. The Morgan fingerprint density at radius 1 is 0.771 bits per heavy atom. The minimum absolute atomic E-state index is 0.0759. The number of hydrogen-bond donors (Lipinski definition) is 0. The van der Waals surface area contributed by atoms with E-state index in [0.717, 1.165) is 43.7 Å². The van der Waals surface area contributed by atoms with E-state index in [2.05, 4.69) is 34.1 Å². The average Bonchev–Trinajstić information content (AvgIpc) is 3.08. The molecule has 0 N–H and O–H groups in total. The third-order valence-corrected chi connectivity index (χ3v) is 7.32. The number of imide groups is 1. The molecule has 0 bridgehead atoms. The Labute approximate surface area is 207 Å². The van der Waals surface area contributed by atoms with E-state index in [4.69, 9.17) is 0 Å². The molecule has 1 spiro atoms. The molecule has 35 heavy (non-hydrogen) atoms. The summed E-state index contributed by atoms with van der Waals surface area (Å²) in [5, 5.41) is 0. The van der Waals surface area contributed by atoms with Crippen LogP contribution in [-0.4, -0.2) is 56.8 Å². The van der Waals surface area contributed by atoms with Crippen LogP contribution in [0.4, 0.5) is 4.79 Å². The number of benzene rings is 2. The molecule has 2 aliphatic heterocycles. The topological polar surface area (TPSA) is 56.8 Å². The number of hydrogen-bond acceptors (Lipinski definition) is 4. The Balaban J connectivity index is 1.30. The third-order valence-electron chi connectivity index (χ3n) is 7.32. The van der Waals surface area contributed by atoms with Gasteiger partial charge in [-0.3, -0.25) is 14.7 Å². The van der Waals surface area contributed by atoms with Crippen molar-refractivity contribution in [1.82, 2.24) is 19.7 Å². The van der Waals surface area contributed by atoms with Gasteiger partial charge in [-0.05, 0) is 55.5 Å². The van der Waals surface area contributed by atoms with Crippen molar-refractivity contribution in [3.63, 3.8) is 0 Å². The van der Waals surface area contributed by atoms with Gasteiger partial charge in [-0.2, -0.15) is 0 Å². The Bertz CT molecular complexity index is 1130. The summed E-state index contributed by atoms with van der Waals surface area (Å²) in [6.45, 7) is 3.29. The van der Waals surface area contributed by atoms with Gasteiger partial charge in [0.15, 0.2) is 0 Å². The Morgan fingerprint density at radius 3 is 2.09 bits per heavy atom. The standard InChI is InChI=1S/C29H32N4O2/c34-27-29(16-20-31(21-17-29)19-9-14-24-10-3-1-4-11-24)33(22-25-12-5-2-6-13-25)28(35)32(27)23-26-15-7-8-18-30-26/h1-8,10-13,15,18H,9,14,16-17,19-23H2. The molecule has 0 saturated carbocycles. The molecular weight excluding hydrogens is 436 g/mol. The number of urea groups is 1. The number of piperidine rings is 1. The minimum Gasteiger partial charge on any atom is -0.305 e. The maximum atomic E-state index is 13.8. The summed E-state index contributed by atoms with van der Waals surface area (Å²) in [7, 11) is 0. The van der Waals surface area contributed by atoms with Crippen molar-refractivity contribution < 1.29 is 9.59 Å². The van der Waals surface area contributed by atoms with Crippen LogP contribution >= 0.6 is 0 Å². The highest BCUT2D eigenvalue weighted by molar-refractivity contribution is 6.07. The molecule has 0 atom stereocenters. The third kappa shape index (κ3) is 4.98. The van der Waals surface area contributed by atoms with Gasteiger partial charge >= 0.3 is 6.03 Å². The Kier molecular flexibility index (Phi) is 6.91. The zero-order chi connectivity index (χ0) is 24.1. The highest BCUT2D eigenvalue weighted by Gasteiger charge is 2.57. The highest BCUT2D eigenvalue weighted by atomic mass is 16.2. The first-order valence-electron chi connectivity index (χ1n) is 12.5. The van der Waals surface area contributed by atoms with Crippen molar-refractivity contribution in [2.24, 2.45) is 0 Å². The van der Waals surface area contributed by atoms with Gasteiger partial charge in [0, 0.05) is 25.8 Å². The number of nitrogens with zero attached hydrogens (tertiary/aromatic N) is 4. The normalized spacial score (nSPS) is 17.9. The first-order chi connectivity index (χ1) is 17.2. The first kappa shape index (κ1) is 23.2. The van der Waals surface area contributed by atoms with Gasteiger partial charge in [-0.15, -0.1) is 0 Å². The summed E-state index contributed by atoms with van der Waals surface area (Å²) in [5.74, 6) is -0.0759. The molecule has 2 saturated heterocycles. The summed E-state index contributed by atoms with van der Waals surface area (Å²) >= 11 is 0. The fraction of sp³-hybridized carbons (Fsp3) is 0.345. The van der Waals surface area contributed by atoms with Crippen LogP contribution < -0.4 is 0 Å². The van der Waals surface area contributed by atoms with Crippen LogP contribution in [0.3, 0.4) is 0 Å². The number of carbonyl (C=O) groups is 2. The number of rotatable bonds is 8. The van der Waals surface area contributed by atoms with Crippen molar-refractivity contribution in [3.8, 4) is 0 Å². The van der Waals surface area contributed by atoms with E-state index in [9.17, 15) is 9.59 Å². The molecule has 2 fully saturated rings. The lowest BCUT2D eigenvalue weighted by Gasteiger charge is -2.42. The fourth-order valence-corrected chi connectivity index (χ4v) is 5.34. The van der Waals surface area contributed by atoms with Crippen molar-refractivity contribution >= 4 is 11.9 Å². The Hall–Kier alpha value is -3.51. The van der Waals surface area contributed by atoms with E-state index in [-0.39, 0.29) is 18.5 Å². The van der Waals surface area contributed by atoms with E-state index in [1.54, 1.807) is 6.20 Å². The van der Waals surface area contributed by atoms with Gasteiger partial charge in [0.2, 0.25) is 0 Å². The van der Waals surface area contributed by atoms with Gasteiger partial charge in [-0.25, -0.2) is 4.79 Å². The molecule has 6 heteroatoms. The molecule has 6 nitrogen and oxygen atoms in total. The molecule has 0 aliphatic carbocycles. The number of likely N-dealkylation sites (tertiary alicyclic amines) is 1. The second kappa shape index (κ2) is 10.4. The van der Waals surface area contributed by atoms with Crippen LogP contribution in [0, 0.1) is 0 Å². The lowest BCUT2D eigenvalue weighted by atomic mass is 9.85. The predicted octanol–water partition coefficient (Wildman–Crippen LogP) is 4.51. The molecule has 1 aromatic heterocycles. The molecule has 2 aromatic carbocycles. The molecule has 0 radical (unpaired) electrons. The second-order valence-corrected chi connectivity index (χ2v) is 9.53. The predicted molar refractivity (Wildman–Crippen MR) is 135 cm³/mol. The summed E-state index contributed by atoms with van der Waals surface area (Å²) in [5.41, 5.74) is 2.34. The Morgan fingerprint density at radius 2 is 1.43 bits per heavy atom. The van der Waals surface area contributed by atoms with Gasteiger partial charge in [0.1, 0.15) is 5.54 Å². The van der Waals surface area contributed by atoms with Crippen LogP contribution in [0.5, 0.6) is 0 Å². The number of pyridine rings is 1. The molecule has 2 aliphatic rings. The van der Waals surface area contributed by atoms with Gasteiger partial charge in [0.05, 0.1) is 12.2 Å². The van der Waals surface area contributed by atoms with Crippen molar-refractivity contribution in [1.29, 1.82) is 0 Å². The first-order valence-corrected chi connectivity index (χ1v) is 12.5. The number of aryl methyl sites for hydroxylation is 1. The number of aromatic nitrogens is 1. The summed E-state index contributed by atoms with van der Waals surface area (Å²) in [6, 6.07) is 25.9. The lowest BCUT2D eigenvalue weighted by Crippen LogP contribution is -2.56. The van der Waals surface area contributed by atoms with E-state index < -0.39 is 5.54 Å². The molecule has 180 valence electrons. The van der Waals surface area contributed by atoms with Crippen LogP contribution in [0.1, 0.15) is 36.1 Å². The largest absolute Gasteiger partial charge is 0.328 e. The second-order valence-electron chi connectivity index (χ2n) is 9.53. The van der Waals surface area contributed by atoms with E-state index in [1.807, 2.05) is 59.5 Å². The quantitative estimate of drug-likeness (QED) is 0.457. The average molecular weight is 469 g/mol. The zero-order valence-electron chi connectivity index (χ0n) is 20.1. The molecule has 0 unspecified atom stereocenters. The van der Waals surface area contributed by atoms with Gasteiger partial charge in [0.25, 0.3) is 5.91 Å². The van der Waals surface area contributed by atoms with Crippen LogP contribution in [0.25, 0.3) is 0 Å². The summed E-state index contributed by atoms with van der Waals surface area (Å²) in [4.78, 5) is 37.5. The van der Waals surface area contributed by atoms with E-state index in [0.29, 0.717) is 19.4 Å². The SMILES string of the molecule is O=C1N(Cc2ccccn2)C(=O)C2(CCN(CCCc3ccccc3)CC2)N1Cc1ccccc1. The van der Waals surface area contributed by atoms with Crippen LogP contribution in [0.15, 0.2) is 85.1 Å². The zero-order valence-corrected chi connectivity index (χ0v) is 20.1. The molecular formula is C29H32N4O2. The highest BCUT2D eigenvalue weighted by Crippen LogP contribution is 2.39. The van der Waals surface area contributed by atoms with Crippen LogP contribution in [-0.2, 0) is 24.3 Å². The maximum Gasteiger partial charge on any atom is 0.328 e. The van der Waals surface area contributed by atoms with Crippen molar-refractivity contribution in [2.75, 3.05) is 19.6 Å². The summed E-state index contributed by atoms with van der Waals surface area (Å²) < 4.78 is 0. The maximum absolute atomic E-state index is 13.8. The van der Waals surface area contributed by atoms with Crippen molar-refractivity contribution in [3.05, 3.63) is 102 Å². The molecule has 3 heterocycles. The van der Waals surface area contributed by atoms with Gasteiger partial charge in [-0.1, -0.05) is 66.7 Å². The van der Waals surface area contributed by atoms with E-state index >= 15 is 0 Å². The molecule has 5 rings (SSSR count). The monoisotopic (exact) mass is 468 g/mol.